The maximum absolute atomic E-state index is 8.77. The topological polar surface area (TPSA) is 77.6 Å². The van der Waals surface area contributed by atoms with E-state index in [1.165, 1.54) is 0 Å². The second-order valence-electron chi connectivity index (χ2n) is 4.32. The van der Waals surface area contributed by atoms with Crippen LogP contribution in [0, 0.1) is 6.92 Å². The molecule has 0 aliphatic rings. The largest absolute Gasteiger partial charge is 0.493 e. The summed E-state index contributed by atoms with van der Waals surface area (Å²) >= 11 is 0. The molecule has 108 valence electrons. The number of ether oxygens (including phenoxy) is 2. The van der Waals surface area contributed by atoms with Crippen LogP contribution in [0.2, 0.25) is 0 Å². The van der Waals surface area contributed by atoms with Crippen LogP contribution in [0.1, 0.15) is 17.3 Å². The van der Waals surface area contributed by atoms with E-state index in [4.69, 9.17) is 19.0 Å². The Labute approximate surface area is 117 Å². The summed E-state index contributed by atoms with van der Waals surface area (Å²) in [7, 11) is 1.61. The third kappa shape index (κ3) is 3.71. The molecule has 1 aromatic heterocycles. The Morgan fingerprint density at radius 1 is 1.15 bits per heavy atom. The van der Waals surface area contributed by atoms with Gasteiger partial charge in [0.25, 0.3) is 0 Å². The van der Waals surface area contributed by atoms with Gasteiger partial charge in [0.2, 0.25) is 11.8 Å². The first-order valence-corrected chi connectivity index (χ1v) is 6.42. The Hall–Kier alpha value is -2.08. The molecule has 0 radical (unpaired) electrons. The van der Waals surface area contributed by atoms with Crippen LogP contribution in [-0.2, 0) is 12.8 Å². The van der Waals surface area contributed by atoms with Gasteiger partial charge in [-0.25, -0.2) is 0 Å². The molecule has 2 rings (SSSR count). The van der Waals surface area contributed by atoms with Crippen LogP contribution in [0.15, 0.2) is 22.6 Å². The number of aryl methyl sites for hydroxylation is 1. The van der Waals surface area contributed by atoms with Gasteiger partial charge in [0, 0.05) is 6.42 Å². The van der Waals surface area contributed by atoms with Gasteiger partial charge < -0.3 is 19.0 Å². The van der Waals surface area contributed by atoms with Gasteiger partial charge in [-0.1, -0.05) is 6.07 Å². The van der Waals surface area contributed by atoms with E-state index in [0.717, 1.165) is 5.56 Å². The van der Waals surface area contributed by atoms with Crippen LogP contribution in [0.25, 0.3) is 0 Å². The number of rotatable bonds is 7. The van der Waals surface area contributed by atoms with Gasteiger partial charge in [0.05, 0.1) is 26.7 Å². The van der Waals surface area contributed by atoms with Crippen molar-refractivity contribution in [3.05, 3.63) is 35.5 Å². The van der Waals surface area contributed by atoms with Gasteiger partial charge in [-0.3, -0.25) is 0 Å². The molecule has 0 atom stereocenters. The predicted molar refractivity (Wildman–Crippen MR) is 72.0 cm³/mol. The number of hydrogen-bond donors (Lipinski definition) is 1. The molecule has 6 heteroatoms. The average molecular weight is 278 g/mol. The second kappa shape index (κ2) is 6.91. The molecule has 0 fully saturated rings. The van der Waals surface area contributed by atoms with E-state index in [1.54, 1.807) is 7.11 Å². The van der Waals surface area contributed by atoms with Gasteiger partial charge in [-0.05, 0) is 24.6 Å². The molecule has 0 bridgehead atoms. The first-order valence-electron chi connectivity index (χ1n) is 6.42. The number of hydrogen-bond acceptors (Lipinski definition) is 6. The van der Waals surface area contributed by atoms with Crippen molar-refractivity contribution in [2.75, 3.05) is 20.3 Å². The van der Waals surface area contributed by atoms with Gasteiger partial charge >= 0.3 is 0 Å². The average Bonchev–Trinajstić information content (AvgIpc) is 2.88. The van der Waals surface area contributed by atoms with Crippen LogP contribution in [0.3, 0.4) is 0 Å². The smallest absolute Gasteiger partial charge is 0.219 e. The molecule has 1 aromatic carbocycles. The van der Waals surface area contributed by atoms with Crippen LogP contribution in [-0.4, -0.2) is 35.6 Å². The molecule has 0 amide bonds. The molecule has 0 aliphatic carbocycles. The summed E-state index contributed by atoms with van der Waals surface area (Å²) in [5, 5.41) is 16.5. The number of aromatic nitrogens is 2. The molecular formula is C14H18N2O4. The Balaban J connectivity index is 1.89. The lowest BCUT2D eigenvalue weighted by molar-refractivity contribution is 0.273. The molecule has 0 saturated carbocycles. The monoisotopic (exact) mass is 278 g/mol. The van der Waals surface area contributed by atoms with Crippen molar-refractivity contribution in [2.24, 2.45) is 0 Å². The van der Waals surface area contributed by atoms with Gasteiger partial charge in [0.1, 0.15) is 0 Å². The second-order valence-corrected chi connectivity index (χ2v) is 4.32. The fraction of sp³-hybridized carbons (Fsp3) is 0.429. The summed E-state index contributed by atoms with van der Waals surface area (Å²) in [4.78, 5) is 0. The Morgan fingerprint density at radius 2 is 1.90 bits per heavy atom. The summed E-state index contributed by atoms with van der Waals surface area (Å²) in [6.07, 6.45) is 0.884. The molecule has 2 aromatic rings. The van der Waals surface area contributed by atoms with Crippen LogP contribution in [0.4, 0.5) is 0 Å². The SMILES string of the molecule is COc1cc(C)ccc1OCCc1nnc(CCO)o1. The van der Waals surface area contributed by atoms with E-state index >= 15 is 0 Å². The fourth-order valence-corrected chi connectivity index (χ4v) is 1.73. The lowest BCUT2D eigenvalue weighted by atomic mass is 10.2. The third-order valence-corrected chi connectivity index (χ3v) is 2.73. The minimum atomic E-state index is -0.00129. The first kappa shape index (κ1) is 14.3. The Kier molecular flexibility index (Phi) is 4.95. The van der Waals surface area contributed by atoms with Gasteiger partial charge in [-0.2, -0.15) is 0 Å². The van der Waals surface area contributed by atoms with E-state index in [-0.39, 0.29) is 6.61 Å². The van der Waals surface area contributed by atoms with Crippen molar-refractivity contribution in [3.63, 3.8) is 0 Å². The van der Waals surface area contributed by atoms with E-state index < -0.39 is 0 Å². The first-order chi connectivity index (χ1) is 9.72. The van der Waals surface area contributed by atoms with Crippen LogP contribution >= 0.6 is 0 Å². The third-order valence-electron chi connectivity index (χ3n) is 2.73. The lowest BCUT2D eigenvalue weighted by Gasteiger charge is -2.10. The molecule has 20 heavy (non-hydrogen) atoms. The normalized spacial score (nSPS) is 10.6. The minimum absolute atomic E-state index is 0.00129. The number of benzene rings is 1. The molecule has 6 nitrogen and oxygen atoms in total. The van der Waals surface area contributed by atoms with Crippen molar-refractivity contribution in [1.82, 2.24) is 10.2 Å². The van der Waals surface area contributed by atoms with Crippen molar-refractivity contribution in [2.45, 2.75) is 19.8 Å². The maximum atomic E-state index is 8.77. The fourth-order valence-electron chi connectivity index (χ4n) is 1.73. The molecule has 0 unspecified atom stereocenters. The summed E-state index contributed by atoms with van der Waals surface area (Å²) in [6, 6.07) is 5.75. The highest BCUT2D eigenvalue weighted by atomic mass is 16.5. The lowest BCUT2D eigenvalue weighted by Crippen LogP contribution is -2.03. The molecule has 0 aliphatic heterocycles. The van der Waals surface area contributed by atoms with E-state index in [1.807, 2.05) is 25.1 Å². The van der Waals surface area contributed by atoms with Crippen molar-refractivity contribution < 1.29 is 19.0 Å². The summed E-state index contributed by atoms with van der Waals surface area (Å²) in [5.41, 5.74) is 1.11. The Morgan fingerprint density at radius 3 is 2.60 bits per heavy atom. The molecule has 0 saturated heterocycles. The standard InChI is InChI=1S/C14H18N2O4/c1-10-3-4-11(12(9-10)18-2)19-8-6-14-16-15-13(20-14)5-7-17/h3-4,9,17H,5-8H2,1-2H3. The molecule has 1 heterocycles. The quantitative estimate of drug-likeness (QED) is 0.827. The highest BCUT2D eigenvalue weighted by Gasteiger charge is 2.08. The van der Waals surface area contributed by atoms with Gasteiger partial charge in [-0.15, -0.1) is 10.2 Å². The van der Waals surface area contributed by atoms with Crippen LogP contribution in [0.5, 0.6) is 11.5 Å². The van der Waals surface area contributed by atoms with E-state index in [2.05, 4.69) is 10.2 Å². The number of aliphatic hydroxyl groups is 1. The molecular weight excluding hydrogens is 260 g/mol. The molecule has 0 spiro atoms. The predicted octanol–water partition coefficient (Wildman–Crippen LogP) is 1.54. The highest BCUT2D eigenvalue weighted by Crippen LogP contribution is 2.27. The van der Waals surface area contributed by atoms with Crippen molar-refractivity contribution >= 4 is 0 Å². The minimum Gasteiger partial charge on any atom is -0.493 e. The summed E-state index contributed by atoms with van der Waals surface area (Å²) in [6.45, 7) is 2.41. The zero-order chi connectivity index (χ0) is 14.4. The summed E-state index contributed by atoms with van der Waals surface area (Å²) < 4.78 is 16.3. The number of nitrogens with zero attached hydrogens (tertiary/aromatic N) is 2. The number of methoxy groups -OCH3 is 1. The van der Waals surface area contributed by atoms with Gasteiger partial charge in [0.15, 0.2) is 11.5 Å². The zero-order valence-electron chi connectivity index (χ0n) is 11.6. The van der Waals surface area contributed by atoms with Crippen LogP contribution < -0.4 is 9.47 Å². The van der Waals surface area contributed by atoms with E-state index in [0.29, 0.717) is 42.7 Å². The van der Waals surface area contributed by atoms with Crippen molar-refractivity contribution in [1.29, 1.82) is 0 Å². The highest BCUT2D eigenvalue weighted by molar-refractivity contribution is 5.42. The maximum Gasteiger partial charge on any atom is 0.219 e. The zero-order valence-corrected chi connectivity index (χ0v) is 11.6. The molecule has 1 N–H and O–H groups in total. The van der Waals surface area contributed by atoms with E-state index in [9.17, 15) is 0 Å². The Bertz CT molecular complexity index is 554. The number of aliphatic hydroxyl groups excluding tert-OH is 1. The summed E-state index contributed by atoms with van der Waals surface area (Å²) in [5.74, 6) is 2.33. The van der Waals surface area contributed by atoms with Crippen molar-refractivity contribution in [3.8, 4) is 11.5 Å².